The maximum Gasteiger partial charge on any atom is 0.243 e. The van der Waals surface area contributed by atoms with Crippen LogP contribution in [0.15, 0.2) is 29.2 Å². The van der Waals surface area contributed by atoms with Crippen LogP contribution >= 0.6 is 0 Å². The number of piperidine rings is 1. The maximum absolute atomic E-state index is 12.6. The lowest BCUT2D eigenvalue weighted by Gasteiger charge is -2.30. The smallest absolute Gasteiger partial charge is 0.243 e. The Morgan fingerprint density at radius 2 is 1.95 bits per heavy atom. The van der Waals surface area contributed by atoms with Gasteiger partial charge in [-0.15, -0.1) is 0 Å². The zero-order valence-electron chi connectivity index (χ0n) is 12.5. The highest BCUT2D eigenvalue weighted by atomic mass is 32.2. The topological polar surface area (TPSA) is 49.4 Å². The Kier molecular flexibility index (Phi) is 4.83. The molecule has 1 fully saturated rings. The van der Waals surface area contributed by atoms with Gasteiger partial charge in [-0.05, 0) is 50.4 Å². The van der Waals surface area contributed by atoms with Crippen molar-refractivity contribution in [3.63, 3.8) is 0 Å². The molecule has 0 spiro atoms. The molecule has 1 aromatic carbocycles. The normalized spacial score (nSPS) is 22.6. The lowest BCUT2D eigenvalue weighted by molar-refractivity contribution is 0.281. The van der Waals surface area contributed by atoms with Crippen LogP contribution in [0.5, 0.6) is 0 Å². The van der Waals surface area contributed by atoms with E-state index in [0.29, 0.717) is 23.9 Å². The fourth-order valence-corrected chi connectivity index (χ4v) is 4.21. The zero-order chi connectivity index (χ0) is 14.8. The summed E-state index contributed by atoms with van der Waals surface area (Å²) in [6, 6.07) is 7.44. The summed E-state index contributed by atoms with van der Waals surface area (Å²) in [4.78, 5) is 0.402. The number of hydrogen-bond donors (Lipinski definition) is 1. The monoisotopic (exact) mass is 296 g/mol. The van der Waals surface area contributed by atoms with Gasteiger partial charge in [-0.25, -0.2) is 8.42 Å². The van der Waals surface area contributed by atoms with Gasteiger partial charge in [-0.2, -0.15) is 4.31 Å². The Bertz CT molecular complexity index is 539. The van der Waals surface area contributed by atoms with E-state index in [4.69, 9.17) is 0 Å². The number of nitrogens with zero attached hydrogens (tertiary/aromatic N) is 1. The van der Waals surface area contributed by atoms with Crippen molar-refractivity contribution < 1.29 is 8.42 Å². The van der Waals surface area contributed by atoms with Crippen molar-refractivity contribution in [2.24, 2.45) is 5.92 Å². The fourth-order valence-electron chi connectivity index (χ4n) is 2.61. The van der Waals surface area contributed by atoms with E-state index in [9.17, 15) is 8.42 Å². The van der Waals surface area contributed by atoms with Crippen molar-refractivity contribution in [2.75, 3.05) is 20.1 Å². The van der Waals surface area contributed by atoms with Crippen molar-refractivity contribution in [1.29, 1.82) is 0 Å². The molecule has 1 heterocycles. The second-order valence-electron chi connectivity index (χ2n) is 5.69. The van der Waals surface area contributed by atoms with Crippen LogP contribution in [0.3, 0.4) is 0 Å². The minimum absolute atomic E-state index is 0.224. The Hall–Kier alpha value is -0.910. The summed E-state index contributed by atoms with van der Waals surface area (Å²) in [5.41, 5.74) is 1.10. The number of sulfonamides is 1. The molecule has 0 amide bonds. The molecule has 0 radical (unpaired) electrons. The minimum Gasteiger partial charge on any atom is -0.313 e. The van der Waals surface area contributed by atoms with Gasteiger partial charge in [0.05, 0.1) is 4.90 Å². The van der Waals surface area contributed by atoms with Gasteiger partial charge in [0.1, 0.15) is 0 Å². The highest BCUT2D eigenvalue weighted by molar-refractivity contribution is 7.89. The molecule has 1 N–H and O–H groups in total. The summed E-state index contributed by atoms with van der Waals surface area (Å²) in [6.07, 6.45) is 2.07. The molecule has 20 heavy (non-hydrogen) atoms. The molecule has 0 saturated carbocycles. The number of benzene rings is 1. The molecule has 1 aliphatic heterocycles. The third-order valence-electron chi connectivity index (χ3n) is 4.07. The van der Waals surface area contributed by atoms with Gasteiger partial charge >= 0.3 is 0 Å². The number of hydrogen-bond acceptors (Lipinski definition) is 3. The van der Waals surface area contributed by atoms with Crippen molar-refractivity contribution >= 4 is 10.0 Å². The molecular formula is C15H24N2O2S. The van der Waals surface area contributed by atoms with Gasteiger partial charge in [0, 0.05) is 19.1 Å². The molecule has 2 atom stereocenters. The van der Waals surface area contributed by atoms with Crippen LogP contribution in [-0.2, 0) is 10.0 Å². The maximum atomic E-state index is 12.6. The second-order valence-corrected chi connectivity index (χ2v) is 7.63. The highest BCUT2D eigenvalue weighted by Crippen LogP contribution is 2.24. The van der Waals surface area contributed by atoms with Gasteiger partial charge in [0.15, 0.2) is 0 Å². The summed E-state index contributed by atoms with van der Waals surface area (Å²) in [7, 11) is -1.44. The lowest BCUT2D eigenvalue weighted by atomic mass is 10.0. The Labute approximate surface area is 122 Å². The predicted molar refractivity (Wildman–Crippen MR) is 81.1 cm³/mol. The van der Waals surface area contributed by atoms with Crippen molar-refractivity contribution in [3.05, 3.63) is 29.8 Å². The van der Waals surface area contributed by atoms with E-state index in [-0.39, 0.29) is 6.04 Å². The second kappa shape index (κ2) is 6.24. The number of rotatable bonds is 4. The van der Waals surface area contributed by atoms with Crippen molar-refractivity contribution in [1.82, 2.24) is 9.62 Å². The molecular weight excluding hydrogens is 272 g/mol. The third kappa shape index (κ3) is 3.22. The first-order valence-corrected chi connectivity index (χ1v) is 8.66. The van der Waals surface area contributed by atoms with Gasteiger partial charge in [0.2, 0.25) is 10.0 Å². The summed E-state index contributed by atoms with van der Waals surface area (Å²) >= 11 is 0. The summed E-state index contributed by atoms with van der Waals surface area (Å²) in [5, 5.41) is 3.15. The van der Waals surface area contributed by atoms with E-state index >= 15 is 0 Å². The molecule has 1 aromatic rings. The Balaban J connectivity index is 2.21. The quantitative estimate of drug-likeness (QED) is 0.928. The summed E-state index contributed by atoms with van der Waals surface area (Å²) < 4.78 is 26.8. The van der Waals surface area contributed by atoms with E-state index in [1.807, 2.05) is 19.2 Å². The molecule has 0 aromatic heterocycles. The largest absolute Gasteiger partial charge is 0.313 e. The molecule has 4 nitrogen and oxygen atoms in total. The van der Waals surface area contributed by atoms with Crippen LogP contribution in [0.25, 0.3) is 0 Å². The molecule has 2 rings (SSSR count). The summed E-state index contributed by atoms with van der Waals surface area (Å²) in [6.45, 7) is 5.44. The lowest BCUT2D eigenvalue weighted by Crippen LogP contribution is -2.39. The Morgan fingerprint density at radius 1 is 1.30 bits per heavy atom. The average Bonchev–Trinajstić information content (AvgIpc) is 2.46. The van der Waals surface area contributed by atoms with Crippen LogP contribution in [0.4, 0.5) is 0 Å². The molecule has 0 bridgehead atoms. The number of nitrogens with one attached hydrogen (secondary N) is 1. The van der Waals surface area contributed by atoms with Crippen LogP contribution in [0.1, 0.15) is 38.3 Å². The molecule has 1 aliphatic rings. The minimum atomic E-state index is -3.33. The third-order valence-corrected chi connectivity index (χ3v) is 5.95. The van der Waals surface area contributed by atoms with Gasteiger partial charge < -0.3 is 5.32 Å². The molecule has 0 aliphatic carbocycles. The van der Waals surface area contributed by atoms with E-state index in [1.54, 1.807) is 16.4 Å². The van der Waals surface area contributed by atoms with Crippen molar-refractivity contribution in [3.8, 4) is 0 Å². The highest BCUT2D eigenvalue weighted by Gasteiger charge is 2.28. The zero-order valence-corrected chi connectivity index (χ0v) is 13.3. The first-order valence-electron chi connectivity index (χ1n) is 7.22. The van der Waals surface area contributed by atoms with Crippen molar-refractivity contribution in [2.45, 2.75) is 37.6 Å². The molecule has 112 valence electrons. The van der Waals surface area contributed by atoms with Gasteiger partial charge in [0.25, 0.3) is 0 Å². The first kappa shape index (κ1) is 15.5. The SMILES string of the molecule is CNC(C)c1ccc(S(=O)(=O)N2CCCC(C)C2)cc1. The van der Waals surface area contributed by atoms with Crippen LogP contribution in [0, 0.1) is 5.92 Å². The first-order chi connectivity index (χ1) is 9.45. The molecule has 1 saturated heterocycles. The van der Waals surface area contributed by atoms with Crippen LogP contribution in [-0.4, -0.2) is 32.9 Å². The Morgan fingerprint density at radius 3 is 2.50 bits per heavy atom. The van der Waals surface area contributed by atoms with E-state index in [1.165, 1.54) is 0 Å². The molecule has 5 heteroatoms. The average molecular weight is 296 g/mol. The van der Waals surface area contributed by atoms with Gasteiger partial charge in [-0.1, -0.05) is 19.1 Å². The van der Waals surface area contributed by atoms with Crippen LogP contribution in [0.2, 0.25) is 0 Å². The van der Waals surface area contributed by atoms with Crippen LogP contribution < -0.4 is 5.32 Å². The summed E-state index contributed by atoms with van der Waals surface area (Å²) in [5.74, 6) is 0.446. The van der Waals surface area contributed by atoms with E-state index < -0.39 is 10.0 Å². The van der Waals surface area contributed by atoms with E-state index in [0.717, 1.165) is 18.4 Å². The van der Waals surface area contributed by atoms with E-state index in [2.05, 4.69) is 19.2 Å². The van der Waals surface area contributed by atoms with Gasteiger partial charge in [-0.3, -0.25) is 0 Å². The standard InChI is InChI=1S/C15H24N2O2S/c1-12-5-4-10-17(11-12)20(18,19)15-8-6-14(7-9-15)13(2)16-3/h6-9,12-13,16H,4-5,10-11H2,1-3H3. The molecule has 2 unspecified atom stereocenters. The fraction of sp³-hybridized carbons (Fsp3) is 0.600. The predicted octanol–water partition coefficient (Wildman–Crippen LogP) is 2.39.